The van der Waals surface area contributed by atoms with Crippen molar-refractivity contribution in [3.8, 4) is 0 Å². The van der Waals surface area contributed by atoms with Crippen molar-refractivity contribution in [2.24, 2.45) is 19.8 Å². The highest BCUT2D eigenvalue weighted by atomic mass is 32.1. The first-order valence-corrected chi connectivity index (χ1v) is 12.2. The van der Waals surface area contributed by atoms with Crippen molar-refractivity contribution in [1.29, 1.82) is 5.41 Å². The Morgan fingerprint density at radius 1 is 0.953 bits per heavy atom. The Morgan fingerprint density at radius 3 is 1.86 bits per heavy atom. The molecule has 0 spiro atoms. The average molecular weight is 640 g/mol. The third-order valence-electron chi connectivity index (χ3n) is 5.03. The third-order valence-corrected chi connectivity index (χ3v) is 5.92. The van der Waals surface area contributed by atoms with Crippen molar-refractivity contribution in [3.63, 3.8) is 0 Å². The Balaban J connectivity index is 0.000000821. The number of aryl methyl sites for hydroxylation is 2. The molecule has 9 N–H and O–H groups in total. The summed E-state index contributed by atoms with van der Waals surface area (Å²) in [5.74, 6) is -4.91. The van der Waals surface area contributed by atoms with E-state index >= 15 is 0 Å². The number of amides is 3. The van der Waals surface area contributed by atoms with Crippen LogP contribution >= 0.6 is 11.3 Å². The van der Waals surface area contributed by atoms with Gasteiger partial charge in [0.05, 0.1) is 17.2 Å². The van der Waals surface area contributed by atoms with Gasteiger partial charge in [-0.2, -0.15) is 26.3 Å². The summed E-state index contributed by atoms with van der Waals surface area (Å²) in [7, 11) is 3.11. The summed E-state index contributed by atoms with van der Waals surface area (Å²) < 4.78 is 74.0. The highest BCUT2D eigenvalue weighted by molar-refractivity contribution is 7.17. The number of halogens is 6. The molecule has 3 aromatic rings. The fraction of sp³-hybridized carbons (Fsp3) is 0.273. The zero-order chi connectivity index (χ0) is 32.9. The molecule has 3 rings (SSSR count). The molecule has 3 amide bonds. The monoisotopic (exact) mass is 639 g/mol. The summed E-state index contributed by atoms with van der Waals surface area (Å²) in [4.78, 5) is 48.9. The highest BCUT2D eigenvalue weighted by Crippen LogP contribution is 2.35. The number of aliphatic carboxylic acids is 1. The minimum absolute atomic E-state index is 0.0646. The molecular weight excluding hydrogens is 616 g/mol. The standard InChI is InChI=1S/C20H22F3N9O3S.C2HF3O2/c1-31-7-9(5-11(31)16(33)27-4-3-13(24)25)28-17(34)12-6-10(8-32(12)2)29-18(35)14-15(20(21,22)23)30-19(26)36-14;3-2(4,5)1(6)7/h5-8H,3-4H2,1-2H3,(H3,24,25)(H2,26,30)(H,27,33)(H,28,34)(H,29,35);(H,6,7). The summed E-state index contributed by atoms with van der Waals surface area (Å²) in [6, 6.07) is 2.72. The van der Waals surface area contributed by atoms with Crippen LogP contribution in [-0.2, 0) is 25.1 Å². The van der Waals surface area contributed by atoms with E-state index in [0.717, 1.165) is 0 Å². The zero-order valence-electron chi connectivity index (χ0n) is 22.0. The van der Waals surface area contributed by atoms with E-state index in [1.165, 1.54) is 40.7 Å². The van der Waals surface area contributed by atoms with Gasteiger partial charge >= 0.3 is 18.3 Å². The van der Waals surface area contributed by atoms with Gasteiger partial charge in [0.1, 0.15) is 16.3 Å². The lowest BCUT2D eigenvalue weighted by Gasteiger charge is -2.05. The van der Waals surface area contributed by atoms with Gasteiger partial charge in [-0.25, -0.2) is 9.78 Å². The Kier molecular flexibility index (Phi) is 10.5. The SMILES string of the molecule is Cn1cc(NC(=O)c2cc(NC(=O)c3sc(N)nc3C(F)(F)F)cn2C)cc1C(=O)NCCC(=N)N.O=C(O)C(F)(F)F. The number of aromatic nitrogens is 3. The van der Waals surface area contributed by atoms with Crippen molar-refractivity contribution < 1.29 is 50.6 Å². The van der Waals surface area contributed by atoms with Crippen LogP contribution < -0.4 is 27.4 Å². The van der Waals surface area contributed by atoms with E-state index in [-0.39, 0.29) is 35.9 Å². The Hall–Kier alpha value is -5.08. The van der Waals surface area contributed by atoms with Gasteiger partial charge in [0.15, 0.2) is 10.8 Å². The van der Waals surface area contributed by atoms with Crippen LogP contribution in [0.2, 0.25) is 0 Å². The number of thiazole rings is 1. The highest BCUT2D eigenvalue weighted by Gasteiger charge is 2.40. The predicted octanol–water partition coefficient (Wildman–Crippen LogP) is 2.61. The van der Waals surface area contributed by atoms with Gasteiger partial charge in [0.25, 0.3) is 17.7 Å². The van der Waals surface area contributed by atoms with Gasteiger partial charge in [-0.1, -0.05) is 11.3 Å². The lowest BCUT2D eigenvalue weighted by atomic mass is 10.3. The topological polar surface area (TPSA) is 223 Å². The molecular formula is C22H23F6N9O5S. The molecule has 3 aromatic heterocycles. The number of carbonyl (C=O) groups is 4. The number of anilines is 3. The molecule has 0 saturated heterocycles. The number of carboxylic acid groups (broad SMARTS) is 1. The van der Waals surface area contributed by atoms with Crippen molar-refractivity contribution in [2.75, 3.05) is 22.9 Å². The van der Waals surface area contributed by atoms with Crippen LogP contribution in [0.3, 0.4) is 0 Å². The van der Waals surface area contributed by atoms with Crippen LogP contribution in [0.25, 0.3) is 0 Å². The largest absolute Gasteiger partial charge is 0.490 e. The van der Waals surface area contributed by atoms with Gasteiger partial charge in [-0.3, -0.25) is 19.8 Å². The summed E-state index contributed by atoms with van der Waals surface area (Å²) in [6.45, 7) is 0.178. The first-order chi connectivity index (χ1) is 19.7. The summed E-state index contributed by atoms with van der Waals surface area (Å²) >= 11 is 0.397. The normalized spacial score (nSPS) is 11.3. The van der Waals surface area contributed by atoms with E-state index in [1.807, 2.05) is 0 Å². The summed E-state index contributed by atoms with van der Waals surface area (Å²) in [5.41, 5.74) is 9.93. The van der Waals surface area contributed by atoms with E-state index in [0.29, 0.717) is 17.0 Å². The van der Waals surface area contributed by atoms with Gasteiger partial charge in [0.2, 0.25) is 0 Å². The second-order valence-corrected chi connectivity index (χ2v) is 9.45. The number of rotatable bonds is 8. The summed E-state index contributed by atoms with van der Waals surface area (Å²) in [5, 5.41) is 21.4. The maximum atomic E-state index is 13.1. The molecule has 0 aliphatic carbocycles. The second-order valence-electron chi connectivity index (χ2n) is 8.42. The van der Waals surface area contributed by atoms with E-state index < -0.39 is 51.7 Å². The number of nitrogens with two attached hydrogens (primary N) is 2. The fourth-order valence-corrected chi connectivity index (χ4v) is 3.93. The number of carboxylic acids is 1. The molecule has 0 bridgehead atoms. The van der Waals surface area contributed by atoms with E-state index in [9.17, 15) is 40.7 Å². The first kappa shape index (κ1) is 34.1. The van der Waals surface area contributed by atoms with E-state index in [1.54, 1.807) is 7.05 Å². The van der Waals surface area contributed by atoms with Crippen molar-refractivity contribution in [3.05, 3.63) is 46.5 Å². The number of carbonyl (C=O) groups excluding carboxylic acids is 3. The van der Waals surface area contributed by atoms with Crippen LogP contribution in [0.4, 0.5) is 42.8 Å². The van der Waals surface area contributed by atoms with Crippen LogP contribution in [-0.4, -0.2) is 61.5 Å². The molecule has 0 aliphatic heterocycles. The maximum Gasteiger partial charge on any atom is 0.490 e. The maximum absolute atomic E-state index is 13.1. The number of hydrogen-bond acceptors (Lipinski definition) is 8. The first-order valence-electron chi connectivity index (χ1n) is 11.4. The number of alkyl halides is 6. The van der Waals surface area contributed by atoms with Gasteiger partial charge < -0.3 is 41.7 Å². The fourth-order valence-electron chi connectivity index (χ4n) is 3.18. The van der Waals surface area contributed by atoms with E-state index in [2.05, 4.69) is 20.9 Å². The molecule has 0 saturated carbocycles. The molecule has 0 fully saturated rings. The molecule has 0 radical (unpaired) electrons. The molecule has 3 heterocycles. The number of nitrogens with one attached hydrogen (secondary N) is 4. The van der Waals surface area contributed by atoms with Crippen molar-refractivity contribution in [2.45, 2.75) is 18.8 Å². The zero-order valence-corrected chi connectivity index (χ0v) is 22.8. The molecule has 14 nitrogen and oxygen atoms in total. The van der Waals surface area contributed by atoms with Crippen LogP contribution in [0.5, 0.6) is 0 Å². The predicted molar refractivity (Wildman–Crippen MR) is 141 cm³/mol. The molecule has 0 aromatic carbocycles. The number of hydrogen-bond donors (Lipinski definition) is 7. The van der Waals surface area contributed by atoms with Gasteiger partial charge in [-0.15, -0.1) is 0 Å². The number of nitrogen functional groups attached to an aromatic ring is 1. The van der Waals surface area contributed by atoms with E-state index in [4.69, 9.17) is 26.8 Å². The minimum atomic E-state index is -5.08. The lowest BCUT2D eigenvalue weighted by Crippen LogP contribution is -2.28. The smallest absolute Gasteiger partial charge is 0.475 e. The molecule has 0 aliphatic rings. The third kappa shape index (κ3) is 9.48. The Bertz CT molecular complexity index is 1540. The second kappa shape index (κ2) is 13.3. The Morgan fingerprint density at radius 2 is 1.42 bits per heavy atom. The quantitative estimate of drug-likeness (QED) is 0.110. The number of amidine groups is 1. The lowest BCUT2D eigenvalue weighted by molar-refractivity contribution is -0.192. The minimum Gasteiger partial charge on any atom is -0.475 e. The molecule has 0 atom stereocenters. The van der Waals surface area contributed by atoms with Crippen LogP contribution in [0.1, 0.15) is 42.8 Å². The molecule has 234 valence electrons. The van der Waals surface area contributed by atoms with Crippen LogP contribution in [0, 0.1) is 5.41 Å². The average Bonchev–Trinajstić information content (AvgIpc) is 3.54. The summed E-state index contributed by atoms with van der Waals surface area (Å²) in [6.07, 6.45) is -6.89. The van der Waals surface area contributed by atoms with Crippen LogP contribution in [0.15, 0.2) is 24.5 Å². The van der Waals surface area contributed by atoms with Gasteiger partial charge in [-0.05, 0) is 12.1 Å². The van der Waals surface area contributed by atoms with Gasteiger partial charge in [0, 0.05) is 39.5 Å². The molecule has 21 heteroatoms. The molecule has 0 unspecified atom stereocenters. The Labute approximate surface area is 241 Å². The molecule has 43 heavy (non-hydrogen) atoms. The van der Waals surface area contributed by atoms with Crippen molar-refractivity contribution in [1.82, 2.24) is 19.4 Å². The number of nitrogens with zero attached hydrogens (tertiary/aromatic N) is 3. The van der Waals surface area contributed by atoms with Crippen molar-refractivity contribution >= 4 is 57.4 Å².